The lowest BCUT2D eigenvalue weighted by molar-refractivity contribution is 0.662. The molecule has 0 aliphatic heterocycles. The molecule has 1 aromatic heterocycles. The Kier molecular flexibility index (Phi) is 6.37. The fourth-order valence-corrected chi connectivity index (χ4v) is 2.37. The van der Waals surface area contributed by atoms with Crippen molar-refractivity contribution in [2.75, 3.05) is 31.0 Å². The van der Waals surface area contributed by atoms with E-state index in [-0.39, 0.29) is 0 Å². The van der Waals surface area contributed by atoms with Crippen molar-refractivity contribution in [1.29, 1.82) is 0 Å². The number of hydrogen-bond donors (Lipinski definition) is 1. The Morgan fingerprint density at radius 3 is 2.94 bits per heavy atom. The Morgan fingerprint density at radius 2 is 2.29 bits per heavy atom. The summed E-state index contributed by atoms with van der Waals surface area (Å²) in [6.07, 6.45) is 7.17. The van der Waals surface area contributed by atoms with Crippen molar-refractivity contribution in [1.82, 2.24) is 10.3 Å². The molecule has 1 unspecified atom stereocenters. The number of rotatable bonds is 7. The first-order valence-electron chi connectivity index (χ1n) is 6.00. The molecule has 1 rings (SSSR count). The molecule has 0 amide bonds. The number of nitrogens with one attached hydrogen (secondary N) is 1. The molecular formula is C13H23N3S. The summed E-state index contributed by atoms with van der Waals surface area (Å²) < 4.78 is 0. The fraction of sp³-hybridized carbons (Fsp3) is 0.615. The number of anilines is 1. The number of nitrogens with zero attached hydrogens (tertiary/aromatic N) is 2. The van der Waals surface area contributed by atoms with E-state index in [1.54, 1.807) is 0 Å². The van der Waals surface area contributed by atoms with Gasteiger partial charge in [0, 0.05) is 25.8 Å². The van der Waals surface area contributed by atoms with E-state index in [0.29, 0.717) is 6.04 Å². The van der Waals surface area contributed by atoms with Gasteiger partial charge >= 0.3 is 0 Å². The highest BCUT2D eigenvalue weighted by atomic mass is 32.2. The van der Waals surface area contributed by atoms with E-state index in [1.165, 1.54) is 23.4 Å². The smallest absolute Gasteiger partial charge is 0.0598 e. The van der Waals surface area contributed by atoms with Crippen LogP contribution in [0.1, 0.15) is 18.9 Å². The maximum Gasteiger partial charge on any atom is 0.0598 e. The number of hydrogen-bond acceptors (Lipinski definition) is 4. The quantitative estimate of drug-likeness (QED) is 0.807. The monoisotopic (exact) mass is 253 g/mol. The van der Waals surface area contributed by atoms with E-state index in [4.69, 9.17) is 0 Å². The van der Waals surface area contributed by atoms with Crippen LogP contribution in [0.3, 0.4) is 0 Å². The summed E-state index contributed by atoms with van der Waals surface area (Å²) in [5, 5.41) is 3.20. The first-order valence-corrected chi connectivity index (χ1v) is 7.39. The van der Waals surface area contributed by atoms with Crippen LogP contribution in [-0.2, 0) is 6.54 Å². The van der Waals surface area contributed by atoms with Crippen LogP contribution in [0.5, 0.6) is 0 Å². The van der Waals surface area contributed by atoms with Crippen molar-refractivity contribution in [3.63, 3.8) is 0 Å². The summed E-state index contributed by atoms with van der Waals surface area (Å²) in [6.45, 7) is 3.16. The van der Waals surface area contributed by atoms with Crippen molar-refractivity contribution in [3.8, 4) is 0 Å². The maximum absolute atomic E-state index is 4.24. The molecule has 0 radical (unpaired) electrons. The molecule has 0 fully saturated rings. The van der Waals surface area contributed by atoms with Gasteiger partial charge in [-0.15, -0.1) is 0 Å². The second kappa shape index (κ2) is 7.56. The molecule has 0 saturated heterocycles. The molecule has 0 aliphatic rings. The molecule has 0 bridgehead atoms. The van der Waals surface area contributed by atoms with Crippen molar-refractivity contribution >= 4 is 17.4 Å². The topological polar surface area (TPSA) is 28.2 Å². The van der Waals surface area contributed by atoms with Gasteiger partial charge in [-0.05, 0) is 44.0 Å². The summed E-state index contributed by atoms with van der Waals surface area (Å²) in [4.78, 5) is 6.57. The molecule has 1 atom stereocenters. The summed E-state index contributed by atoms with van der Waals surface area (Å²) in [7, 11) is 4.13. The Labute approximate surface area is 109 Å². The van der Waals surface area contributed by atoms with Crippen molar-refractivity contribution in [2.45, 2.75) is 25.9 Å². The van der Waals surface area contributed by atoms with Gasteiger partial charge in [0.15, 0.2) is 0 Å². The zero-order valence-electron chi connectivity index (χ0n) is 11.2. The van der Waals surface area contributed by atoms with Gasteiger partial charge in [-0.1, -0.05) is 0 Å². The molecule has 0 saturated carbocycles. The Morgan fingerprint density at radius 1 is 1.53 bits per heavy atom. The third-order valence-electron chi connectivity index (χ3n) is 3.04. The minimum atomic E-state index is 0.544. The van der Waals surface area contributed by atoms with Gasteiger partial charge in [0.25, 0.3) is 0 Å². The van der Waals surface area contributed by atoms with Crippen LogP contribution in [0.25, 0.3) is 0 Å². The molecule has 0 aromatic carbocycles. The molecule has 3 nitrogen and oxygen atoms in total. The Balaban J connectivity index is 2.76. The third kappa shape index (κ3) is 4.21. The summed E-state index contributed by atoms with van der Waals surface area (Å²) in [6, 6.07) is 2.63. The molecule has 17 heavy (non-hydrogen) atoms. The highest BCUT2D eigenvalue weighted by Gasteiger charge is 2.12. The van der Waals surface area contributed by atoms with E-state index < -0.39 is 0 Å². The van der Waals surface area contributed by atoms with Gasteiger partial charge in [0.2, 0.25) is 0 Å². The molecule has 0 aliphatic carbocycles. The Hall–Kier alpha value is -0.740. The van der Waals surface area contributed by atoms with Crippen molar-refractivity contribution < 1.29 is 0 Å². The van der Waals surface area contributed by atoms with Crippen LogP contribution in [0, 0.1) is 0 Å². The summed E-state index contributed by atoms with van der Waals surface area (Å²) in [5.41, 5.74) is 2.54. The van der Waals surface area contributed by atoms with Gasteiger partial charge < -0.3 is 10.2 Å². The minimum Gasteiger partial charge on any atom is -0.370 e. The largest absolute Gasteiger partial charge is 0.370 e. The average molecular weight is 253 g/mol. The normalized spacial score (nSPS) is 12.5. The predicted molar refractivity (Wildman–Crippen MR) is 77.9 cm³/mol. The second-order valence-corrected chi connectivity index (χ2v) is 5.26. The van der Waals surface area contributed by atoms with Gasteiger partial charge in [0.05, 0.1) is 11.9 Å². The first-order chi connectivity index (χ1) is 8.20. The molecule has 1 aromatic rings. The van der Waals surface area contributed by atoms with Crippen LogP contribution in [-0.4, -0.2) is 37.1 Å². The molecule has 96 valence electrons. The van der Waals surface area contributed by atoms with E-state index in [0.717, 1.165) is 6.54 Å². The lowest BCUT2D eigenvalue weighted by Gasteiger charge is -2.28. The van der Waals surface area contributed by atoms with Gasteiger partial charge in [-0.2, -0.15) is 11.8 Å². The molecule has 0 spiro atoms. The third-order valence-corrected chi connectivity index (χ3v) is 3.68. The van der Waals surface area contributed by atoms with Crippen molar-refractivity contribution in [3.05, 3.63) is 24.0 Å². The van der Waals surface area contributed by atoms with Gasteiger partial charge in [-0.25, -0.2) is 0 Å². The van der Waals surface area contributed by atoms with E-state index in [2.05, 4.69) is 41.5 Å². The van der Waals surface area contributed by atoms with E-state index in [1.807, 2.05) is 31.2 Å². The van der Waals surface area contributed by atoms with Crippen LogP contribution in [0.15, 0.2) is 18.5 Å². The Bertz CT molecular complexity index is 330. The summed E-state index contributed by atoms with van der Waals surface area (Å²) in [5.74, 6) is 1.20. The average Bonchev–Trinajstić information content (AvgIpc) is 2.36. The number of aromatic nitrogens is 1. The van der Waals surface area contributed by atoms with E-state index in [9.17, 15) is 0 Å². The molecular weight excluding hydrogens is 230 g/mol. The lowest BCUT2D eigenvalue weighted by atomic mass is 10.1. The number of thioether (sulfide) groups is 1. The zero-order chi connectivity index (χ0) is 12.7. The zero-order valence-corrected chi connectivity index (χ0v) is 12.0. The minimum absolute atomic E-state index is 0.544. The van der Waals surface area contributed by atoms with Crippen LogP contribution >= 0.6 is 11.8 Å². The predicted octanol–water partition coefficient (Wildman–Crippen LogP) is 2.38. The van der Waals surface area contributed by atoms with Crippen LogP contribution in [0.2, 0.25) is 0 Å². The van der Waals surface area contributed by atoms with Crippen LogP contribution in [0.4, 0.5) is 5.69 Å². The van der Waals surface area contributed by atoms with Crippen LogP contribution < -0.4 is 10.2 Å². The van der Waals surface area contributed by atoms with Crippen molar-refractivity contribution in [2.24, 2.45) is 0 Å². The maximum atomic E-state index is 4.24. The van der Waals surface area contributed by atoms with Gasteiger partial charge in [0.1, 0.15) is 0 Å². The first kappa shape index (κ1) is 14.3. The summed E-state index contributed by atoms with van der Waals surface area (Å²) >= 11 is 1.90. The highest BCUT2D eigenvalue weighted by Crippen LogP contribution is 2.21. The molecule has 1 heterocycles. The second-order valence-electron chi connectivity index (χ2n) is 4.28. The molecule has 4 heteroatoms. The van der Waals surface area contributed by atoms with Gasteiger partial charge in [-0.3, -0.25) is 4.98 Å². The standard InChI is InChI=1S/C13H23N3S/c1-11(6-8-17-4)16(3)13-10-15-7-5-12(13)9-14-2/h5,7,10-11,14H,6,8-9H2,1-4H3. The highest BCUT2D eigenvalue weighted by molar-refractivity contribution is 7.98. The molecule has 1 N–H and O–H groups in total. The lowest BCUT2D eigenvalue weighted by Crippen LogP contribution is -2.30. The fourth-order valence-electron chi connectivity index (χ4n) is 1.79. The SMILES string of the molecule is CNCc1ccncc1N(C)C(C)CCSC. The van der Waals surface area contributed by atoms with E-state index >= 15 is 0 Å². The number of pyridine rings is 1.